The fraction of sp³-hybridized carbons (Fsp3) is 0. The van der Waals surface area contributed by atoms with E-state index in [0.717, 1.165) is 5.56 Å². The van der Waals surface area contributed by atoms with Crippen molar-refractivity contribution in [3.63, 3.8) is 0 Å². The molecule has 0 atom stereocenters. The van der Waals surface area contributed by atoms with Crippen molar-refractivity contribution in [1.82, 2.24) is 15.2 Å². The summed E-state index contributed by atoms with van der Waals surface area (Å²) in [5, 5.41) is 10.1. The normalized spacial score (nSPS) is 11.3. The first-order valence-electron chi connectivity index (χ1n) is 8.16. The zero-order chi connectivity index (χ0) is 18.8. The highest BCUT2D eigenvalue weighted by atomic mass is 19.1. The smallest absolute Gasteiger partial charge is 0.272 e. The minimum absolute atomic E-state index is 0.0555. The van der Waals surface area contributed by atoms with Crippen LogP contribution in [0.2, 0.25) is 0 Å². The summed E-state index contributed by atoms with van der Waals surface area (Å²) in [7, 11) is 0. The molecule has 5 nitrogen and oxygen atoms in total. The topological polar surface area (TPSA) is 73.6 Å². The second kappa shape index (κ2) is 6.87. The minimum Gasteiger partial charge on any atom is -0.357 e. The number of aromatic nitrogens is 3. The van der Waals surface area contributed by atoms with Gasteiger partial charge in [-0.25, -0.2) is 8.78 Å². The van der Waals surface area contributed by atoms with Gasteiger partial charge >= 0.3 is 0 Å². The van der Waals surface area contributed by atoms with Gasteiger partial charge in [-0.3, -0.25) is 9.89 Å². The highest BCUT2D eigenvalue weighted by Gasteiger charge is 2.13. The maximum Gasteiger partial charge on any atom is 0.272 e. The van der Waals surface area contributed by atoms with Crippen molar-refractivity contribution in [3.05, 3.63) is 83.3 Å². The van der Waals surface area contributed by atoms with Crippen molar-refractivity contribution in [3.8, 4) is 0 Å². The third kappa shape index (κ3) is 3.48. The van der Waals surface area contributed by atoms with Gasteiger partial charge in [-0.2, -0.15) is 5.10 Å². The number of nitrogens with zero attached hydrogens (tertiary/aromatic N) is 1. The van der Waals surface area contributed by atoms with Gasteiger partial charge in [0.25, 0.3) is 5.91 Å². The number of hydrogen-bond acceptors (Lipinski definition) is 2. The van der Waals surface area contributed by atoms with Crippen molar-refractivity contribution in [2.24, 2.45) is 0 Å². The van der Waals surface area contributed by atoms with E-state index < -0.39 is 11.7 Å². The number of hydrogen-bond donors (Lipinski definition) is 3. The Bertz CT molecular complexity index is 1130. The molecule has 2 aromatic carbocycles. The number of anilines is 1. The van der Waals surface area contributed by atoms with E-state index in [4.69, 9.17) is 0 Å². The molecular formula is C20H14F2N4O. The van der Waals surface area contributed by atoms with Crippen molar-refractivity contribution < 1.29 is 13.6 Å². The van der Waals surface area contributed by atoms with E-state index in [-0.39, 0.29) is 11.5 Å². The summed E-state index contributed by atoms with van der Waals surface area (Å²) < 4.78 is 27.3. The maximum absolute atomic E-state index is 14.3. The lowest BCUT2D eigenvalue weighted by Gasteiger charge is -2.06. The summed E-state index contributed by atoms with van der Waals surface area (Å²) in [6.45, 7) is 0. The van der Waals surface area contributed by atoms with E-state index in [9.17, 15) is 13.6 Å². The van der Waals surface area contributed by atoms with Crippen molar-refractivity contribution in [2.75, 3.05) is 5.32 Å². The molecule has 0 fully saturated rings. The van der Waals surface area contributed by atoms with E-state index >= 15 is 0 Å². The lowest BCUT2D eigenvalue weighted by molar-refractivity contribution is 0.102. The molecule has 0 unspecified atom stereocenters. The number of amides is 1. The second-order valence-corrected chi connectivity index (χ2v) is 5.91. The van der Waals surface area contributed by atoms with Crippen molar-refractivity contribution >= 4 is 34.6 Å². The lowest BCUT2D eigenvalue weighted by Crippen LogP contribution is -2.13. The number of halogens is 2. The first-order chi connectivity index (χ1) is 13.1. The minimum atomic E-state index is -0.569. The first kappa shape index (κ1) is 16.7. The van der Waals surface area contributed by atoms with Crippen LogP contribution in [0.15, 0.2) is 54.7 Å². The van der Waals surface area contributed by atoms with Gasteiger partial charge in [0.05, 0.1) is 16.9 Å². The van der Waals surface area contributed by atoms with E-state index in [1.54, 1.807) is 42.6 Å². The molecule has 1 amide bonds. The van der Waals surface area contributed by atoms with Gasteiger partial charge in [0.1, 0.15) is 17.3 Å². The van der Waals surface area contributed by atoms with Gasteiger partial charge in [-0.05, 0) is 42.0 Å². The molecule has 7 heteroatoms. The Labute approximate surface area is 152 Å². The van der Waals surface area contributed by atoms with Crippen LogP contribution in [-0.2, 0) is 0 Å². The van der Waals surface area contributed by atoms with Crippen LogP contribution >= 0.6 is 0 Å². The van der Waals surface area contributed by atoms with Crippen LogP contribution in [0, 0.1) is 11.6 Å². The number of fused-ring (bicyclic) bond motifs is 1. The van der Waals surface area contributed by atoms with Crippen LogP contribution in [0.4, 0.5) is 14.5 Å². The number of nitrogens with one attached hydrogen (secondary N) is 3. The fourth-order valence-corrected chi connectivity index (χ4v) is 2.69. The molecule has 0 aliphatic heterocycles. The number of H-pyrrole nitrogens is 2. The summed E-state index contributed by atoms with van der Waals surface area (Å²) in [4.78, 5) is 14.9. The fourth-order valence-electron chi connectivity index (χ4n) is 2.69. The molecule has 4 rings (SSSR count). The van der Waals surface area contributed by atoms with E-state index in [2.05, 4.69) is 20.5 Å². The molecule has 3 N–H and O–H groups in total. The predicted octanol–water partition coefficient (Wildman–Crippen LogP) is 4.59. The molecule has 0 saturated heterocycles. The third-order valence-electron chi connectivity index (χ3n) is 4.07. The molecule has 0 radical (unpaired) electrons. The standard InChI is InChI=1S/C20H14F2N4O/c21-13-6-3-12(4-7-13)5-8-16-14-10-19(15(22)11-18(14)26-25-16)24-20(27)17-2-1-9-23-17/h1-11,23H,(H,24,27)(H,25,26). The maximum atomic E-state index is 14.3. The van der Waals surface area contributed by atoms with Gasteiger partial charge in [-0.15, -0.1) is 0 Å². The van der Waals surface area contributed by atoms with Crippen LogP contribution in [0.1, 0.15) is 21.7 Å². The molecule has 2 aromatic heterocycles. The highest BCUT2D eigenvalue weighted by molar-refractivity contribution is 6.04. The largest absolute Gasteiger partial charge is 0.357 e. The Hall–Kier alpha value is -3.74. The third-order valence-corrected chi connectivity index (χ3v) is 4.07. The average molecular weight is 364 g/mol. The van der Waals surface area contributed by atoms with Crippen molar-refractivity contribution in [1.29, 1.82) is 0 Å². The Kier molecular flexibility index (Phi) is 4.25. The molecule has 0 spiro atoms. The molecule has 0 aliphatic carbocycles. The van der Waals surface area contributed by atoms with Gasteiger partial charge in [0.2, 0.25) is 0 Å². The van der Waals surface area contributed by atoms with Crippen LogP contribution < -0.4 is 5.32 Å². The summed E-state index contributed by atoms with van der Waals surface area (Å²) in [6.07, 6.45) is 5.12. The quantitative estimate of drug-likeness (QED) is 0.495. The zero-order valence-corrected chi connectivity index (χ0v) is 14.0. The molecule has 4 aromatic rings. The van der Waals surface area contributed by atoms with Crippen LogP contribution in [0.25, 0.3) is 23.1 Å². The van der Waals surface area contributed by atoms with E-state index in [0.29, 0.717) is 22.3 Å². The van der Waals surface area contributed by atoms with Crippen LogP contribution in [0.5, 0.6) is 0 Å². The summed E-state index contributed by atoms with van der Waals surface area (Å²) in [5.41, 5.74) is 2.27. The summed E-state index contributed by atoms with van der Waals surface area (Å²) >= 11 is 0. The first-order valence-corrected chi connectivity index (χ1v) is 8.16. The van der Waals surface area contributed by atoms with Crippen LogP contribution in [0.3, 0.4) is 0 Å². The van der Waals surface area contributed by atoms with Gasteiger partial charge in [0, 0.05) is 17.6 Å². The van der Waals surface area contributed by atoms with E-state index in [1.165, 1.54) is 24.3 Å². The number of benzene rings is 2. The van der Waals surface area contributed by atoms with E-state index in [1.807, 2.05) is 0 Å². The number of carbonyl (C=O) groups is 1. The summed E-state index contributed by atoms with van der Waals surface area (Å²) in [5.74, 6) is -1.32. The van der Waals surface area contributed by atoms with Gasteiger partial charge < -0.3 is 10.3 Å². The Morgan fingerprint density at radius 2 is 1.89 bits per heavy atom. The Balaban J connectivity index is 1.65. The van der Waals surface area contributed by atoms with Crippen molar-refractivity contribution in [2.45, 2.75) is 0 Å². The predicted molar refractivity (Wildman–Crippen MR) is 100 cm³/mol. The Morgan fingerprint density at radius 3 is 2.63 bits per heavy atom. The summed E-state index contributed by atoms with van der Waals surface area (Å²) in [6, 6.07) is 12.1. The van der Waals surface area contributed by atoms with Gasteiger partial charge in [-0.1, -0.05) is 18.2 Å². The highest BCUT2D eigenvalue weighted by Crippen LogP contribution is 2.25. The molecule has 134 valence electrons. The molecule has 0 aliphatic rings. The molecule has 0 saturated carbocycles. The SMILES string of the molecule is O=C(Nc1cc2c(C=Cc3ccc(F)cc3)n[nH]c2cc1F)c1ccc[nH]1. The number of rotatable bonds is 4. The number of aromatic amines is 2. The van der Waals surface area contributed by atoms with Gasteiger partial charge in [0.15, 0.2) is 0 Å². The monoisotopic (exact) mass is 364 g/mol. The molecular weight excluding hydrogens is 350 g/mol. The van der Waals surface area contributed by atoms with Crippen LogP contribution in [-0.4, -0.2) is 21.1 Å². The molecule has 0 bridgehead atoms. The average Bonchev–Trinajstić information content (AvgIpc) is 3.32. The Morgan fingerprint density at radius 1 is 1.07 bits per heavy atom. The molecule has 27 heavy (non-hydrogen) atoms. The lowest BCUT2D eigenvalue weighted by atomic mass is 10.1. The number of carbonyl (C=O) groups excluding carboxylic acids is 1. The second-order valence-electron chi connectivity index (χ2n) is 5.91. The zero-order valence-electron chi connectivity index (χ0n) is 14.0. The molecule has 2 heterocycles.